The summed E-state index contributed by atoms with van der Waals surface area (Å²) in [4.78, 5) is 16.9. The first-order valence-electron chi connectivity index (χ1n) is 5.31. The van der Waals surface area contributed by atoms with Gasteiger partial charge in [-0.15, -0.1) is 11.6 Å². The average Bonchev–Trinajstić information content (AvgIpc) is 2.88. The van der Waals surface area contributed by atoms with Crippen molar-refractivity contribution in [2.75, 3.05) is 12.4 Å². The van der Waals surface area contributed by atoms with Gasteiger partial charge in [-0.05, 0) is 25.0 Å². The number of nitrogens with one attached hydrogen (secondary N) is 1. The number of rotatable bonds is 3. The summed E-state index contributed by atoms with van der Waals surface area (Å²) >= 11 is 5.59. The minimum atomic E-state index is 0.169. The van der Waals surface area contributed by atoms with E-state index in [2.05, 4.69) is 4.98 Å². The van der Waals surface area contributed by atoms with E-state index in [9.17, 15) is 4.79 Å². The van der Waals surface area contributed by atoms with Crippen LogP contribution in [0.15, 0.2) is 18.3 Å². The predicted molar refractivity (Wildman–Crippen MR) is 59.8 cm³/mol. The zero-order valence-electron chi connectivity index (χ0n) is 8.58. The second-order valence-corrected chi connectivity index (χ2v) is 4.19. The number of carbonyl (C=O) groups excluding carboxylic acids is 1. The van der Waals surface area contributed by atoms with Crippen LogP contribution >= 0.6 is 11.6 Å². The van der Waals surface area contributed by atoms with Gasteiger partial charge in [-0.25, -0.2) is 0 Å². The minimum absolute atomic E-state index is 0.169. The molecule has 0 radical (unpaired) electrons. The van der Waals surface area contributed by atoms with E-state index in [-0.39, 0.29) is 11.9 Å². The zero-order chi connectivity index (χ0) is 10.7. The smallest absolute Gasteiger partial charge is 0.224 e. The molecule has 2 rings (SSSR count). The van der Waals surface area contributed by atoms with Gasteiger partial charge in [0.25, 0.3) is 0 Å². The molecule has 1 saturated heterocycles. The lowest BCUT2D eigenvalue weighted by atomic mass is 10.1. The molecule has 82 valence electrons. The molecule has 1 aromatic rings. The maximum Gasteiger partial charge on any atom is 0.224 e. The van der Waals surface area contributed by atoms with Gasteiger partial charge in [0, 0.05) is 30.7 Å². The average molecular weight is 227 g/mol. The van der Waals surface area contributed by atoms with Crippen molar-refractivity contribution in [3.63, 3.8) is 0 Å². The Morgan fingerprint density at radius 3 is 3.20 bits per heavy atom. The van der Waals surface area contributed by atoms with E-state index in [4.69, 9.17) is 11.6 Å². The molecule has 0 saturated carbocycles. The van der Waals surface area contributed by atoms with Gasteiger partial charge in [0.05, 0.1) is 6.04 Å². The van der Waals surface area contributed by atoms with Crippen LogP contribution in [0.3, 0.4) is 0 Å². The van der Waals surface area contributed by atoms with E-state index in [0.29, 0.717) is 12.3 Å². The van der Waals surface area contributed by atoms with Crippen molar-refractivity contribution in [2.45, 2.75) is 25.3 Å². The van der Waals surface area contributed by atoms with Crippen LogP contribution in [0.4, 0.5) is 0 Å². The normalized spacial score (nSPS) is 20.9. The lowest BCUT2D eigenvalue weighted by Gasteiger charge is -2.23. The number of nitrogens with zero attached hydrogens (tertiary/aromatic N) is 1. The van der Waals surface area contributed by atoms with Gasteiger partial charge in [-0.3, -0.25) is 4.79 Å². The van der Waals surface area contributed by atoms with Crippen molar-refractivity contribution in [2.24, 2.45) is 0 Å². The SMILES string of the molecule is O=C(CCCl)N1CCCC1c1ccc[nH]1. The fraction of sp³-hybridized carbons (Fsp3) is 0.545. The summed E-state index contributed by atoms with van der Waals surface area (Å²) in [5.74, 6) is 0.578. The number of aromatic amines is 1. The summed E-state index contributed by atoms with van der Waals surface area (Å²) in [5.41, 5.74) is 1.13. The molecule has 1 fully saturated rings. The van der Waals surface area contributed by atoms with Gasteiger partial charge in [0.1, 0.15) is 0 Å². The fourth-order valence-electron chi connectivity index (χ4n) is 2.16. The third-order valence-electron chi connectivity index (χ3n) is 2.86. The number of hydrogen-bond acceptors (Lipinski definition) is 1. The van der Waals surface area contributed by atoms with Crippen LogP contribution in [0.25, 0.3) is 0 Å². The maximum atomic E-state index is 11.8. The number of amides is 1. The second kappa shape index (κ2) is 4.71. The van der Waals surface area contributed by atoms with E-state index in [1.54, 1.807) is 0 Å². The Balaban J connectivity index is 2.08. The first-order chi connectivity index (χ1) is 7.33. The number of halogens is 1. The molecule has 1 N–H and O–H groups in total. The first-order valence-corrected chi connectivity index (χ1v) is 5.85. The van der Waals surface area contributed by atoms with E-state index in [1.807, 2.05) is 23.2 Å². The van der Waals surface area contributed by atoms with Crippen LogP contribution in [-0.2, 0) is 4.79 Å². The van der Waals surface area contributed by atoms with Crippen molar-refractivity contribution in [1.29, 1.82) is 0 Å². The molecule has 1 aromatic heterocycles. The van der Waals surface area contributed by atoms with Gasteiger partial charge < -0.3 is 9.88 Å². The number of aromatic nitrogens is 1. The Morgan fingerprint density at radius 1 is 1.67 bits per heavy atom. The van der Waals surface area contributed by atoms with Gasteiger partial charge in [-0.1, -0.05) is 0 Å². The Morgan fingerprint density at radius 2 is 2.53 bits per heavy atom. The highest BCUT2D eigenvalue weighted by atomic mass is 35.5. The summed E-state index contributed by atoms with van der Waals surface area (Å²) in [5, 5.41) is 0. The summed E-state index contributed by atoms with van der Waals surface area (Å²) in [6.07, 6.45) is 4.48. The van der Waals surface area contributed by atoms with Crippen LogP contribution in [0.5, 0.6) is 0 Å². The molecule has 0 spiro atoms. The largest absolute Gasteiger partial charge is 0.363 e. The molecule has 1 aliphatic rings. The third kappa shape index (κ3) is 2.17. The van der Waals surface area contributed by atoms with Crippen LogP contribution in [0, 0.1) is 0 Å². The fourth-order valence-corrected chi connectivity index (χ4v) is 2.33. The molecule has 2 heterocycles. The summed E-state index contributed by atoms with van der Waals surface area (Å²) in [6, 6.07) is 4.24. The van der Waals surface area contributed by atoms with Gasteiger partial charge in [0.15, 0.2) is 0 Å². The lowest BCUT2D eigenvalue weighted by molar-refractivity contribution is -0.131. The number of H-pyrrole nitrogens is 1. The Kier molecular flexibility index (Phi) is 3.31. The molecule has 0 bridgehead atoms. The molecular formula is C11H15ClN2O. The first kappa shape index (κ1) is 10.6. The highest BCUT2D eigenvalue weighted by Gasteiger charge is 2.29. The van der Waals surface area contributed by atoms with Crippen LogP contribution in [0.2, 0.25) is 0 Å². The highest BCUT2D eigenvalue weighted by molar-refractivity contribution is 6.18. The zero-order valence-corrected chi connectivity index (χ0v) is 9.33. The highest BCUT2D eigenvalue weighted by Crippen LogP contribution is 2.31. The van der Waals surface area contributed by atoms with E-state index < -0.39 is 0 Å². The number of carbonyl (C=O) groups is 1. The van der Waals surface area contributed by atoms with Crippen molar-refractivity contribution in [1.82, 2.24) is 9.88 Å². The molecule has 4 heteroatoms. The van der Waals surface area contributed by atoms with Gasteiger partial charge in [-0.2, -0.15) is 0 Å². The van der Waals surface area contributed by atoms with E-state index >= 15 is 0 Å². The lowest BCUT2D eigenvalue weighted by Crippen LogP contribution is -2.30. The number of likely N-dealkylation sites (tertiary alicyclic amines) is 1. The summed E-state index contributed by atoms with van der Waals surface area (Å²) in [7, 11) is 0. The molecular weight excluding hydrogens is 212 g/mol. The predicted octanol–water partition coefficient (Wildman–Crippen LogP) is 2.31. The molecule has 0 aliphatic carbocycles. The molecule has 3 nitrogen and oxygen atoms in total. The summed E-state index contributed by atoms with van der Waals surface area (Å²) in [6.45, 7) is 0.861. The second-order valence-electron chi connectivity index (χ2n) is 3.81. The topological polar surface area (TPSA) is 36.1 Å². The Bertz CT molecular complexity index is 323. The van der Waals surface area contributed by atoms with Crippen LogP contribution in [0.1, 0.15) is 31.0 Å². The number of hydrogen-bond donors (Lipinski definition) is 1. The van der Waals surface area contributed by atoms with Crippen molar-refractivity contribution in [3.05, 3.63) is 24.0 Å². The molecule has 1 amide bonds. The van der Waals surface area contributed by atoms with E-state index in [1.165, 1.54) is 0 Å². The molecule has 15 heavy (non-hydrogen) atoms. The number of alkyl halides is 1. The monoisotopic (exact) mass is 226 g/mol. The van der Waals surface area contributed by atoms with Crippen LogP contribution < -0.4 is 0 Å². The van der Waals surface area contributed by atoms with Crippen molar-refractivity contribution < 1.29 is 4.79 Å². The quantitative estimate of drug-likeness (QED) is 0.789. The molecule has 0 aromatic carbocycles. The minimum Gasteiger partial charge on any atom is -0.363 e. The van der Waals surface area contributed by atoms with Gasteiger partial charge in [0.2, 0.25) is 5.91 Å². The Hall–Kier alpha value is -0.960. The third-order valence-corrected chi connectivity index (χ3v) is 3.05. The van der Waals surface area contributed by atoms with Crippen molar-refractivity contribution in [3.8, 4) is 0 Å². The van der Waals surface area contributed by atoms with E-state index in [0.717, 1.165) is 25.1 Å². The maximum absolute atomic E-state index is 11.8. The Labute approximate surface area is 94.4 Å². The molecule has 1 unspecified atom stereocenters. The van der Waals surface area contributed by atoms with Crippen molar-refractivity contribution >= 4 is 17.5 Å². The standard InChI is InChI=1S/C11H15ClN2O/c12-6-5-11(15)14-8-2-4-10(14)9-3-1-7-13-9/h1,3,7,10,13H,2,4-6,8H2. The molecule has 1 atom stereocenters. The van der Waals surface area contributed by atoms with Gasteiger partial charge >= 0.3 is 0 Å². The summed E-state index contributed by atoms with van der Waals surface area (Å²) < 4.78 is 0. The molecule has 1 aliphatic heterocycles. The van der Waals surface area contributed by atoms with Crippen LogP contribution in [-0.4, -0.2) is 28.2 Å².